The second kappa shape index (κ2) is 4.66. The Morgan fingerprint density at radius 1 is 1.10 bits per heavy atom. The lowest BCUT2D eigenvalue weighted by atomic mass is 10.2. The van der Waals surface area contributed by atoms with Crippen molar-refractivity contribution >= 4 is 11.5 Å². The number of aliphatic imine (C=N–C) groups is 1. The summed E-state index contributed by atoms with van der Waals surface area (Å²) < 4.78 is 15.5. The van der Waals surface area contributed by atoms with Crippen LogP contribution in [0.4, 0.5) is 4.39 Å². The summed E-state index contributed by atoms with van der Waals surface area (Å²) in [5.41, 5.74) is 1.95. The number of nitrogens with one attached hydrogen (secondary N) is 1. The van der Waals surface area contributed by atoms with E-state index in [1.54, 1.807) is 28.9 Å². The fraction of sp³-hybridized carbons (Fsp3) is 0.133. The molecule has 4 rings (SSSR count). The van der Waals surface area contributed by atoms with Crippen LogP contribution in [0.15, 0.2) is 47.6 Å². The van der Waals surface area contributed by atoms with E-state index in [0.29, 0.717) is 17.0 Å². The van der Waals surface area contributed by atoms with E-state index in [1.807, 2.05) is 12.1 Å². The lowest BCUT2D eigenvalue weighted by Gasteiger charge is -2.02. The number of fused-ring (bicyclic) bond motifs is 1. The summed E-state index contributed by atoms with van der Waals surface area (Å²) in [5, 5.41) is 7.58. The number of aromatic nitrogens is 3. The fourth-order valence-corrected chi connectivity index (χ4v) is 2.43. The van der Waals surface area contributed by atoms with Gasteiger partial charge < -0.3 is 5.32 Å². The third kappa shape index (κ3) is 1.96. The summed E-state index contributed by atoms with van der Waals surface area (Å²) in [7, 11) is 0. The number of hydrogen-bond donors (Lipinski definition) is 1. The molecule has 0 bridgehead atoms. The monoisotopic (exact) mass is 281 g/mol. The zero-order chi connectivity index (χ0) is 14.2. The quantitative estimate of drug-likeness (QED) is 0.780. The van der Waals surface area contributed by atoms with Crippen molar-refractivity contribution in [1.29, 1.82) is 0 Å². The first-order valence-corrected chi connectivity index (χ1v) is 6.72. The van der Waals surface area contributed by atoms with Gasteiger partial charge in [-0.3, -0.25) is 4.99 Å². The van der Waals surface area contributed by atoms with E-state index in [2.05, 4.69) is 20.4 Å². The Morgan fingerprint density at radius 2 is 1.95 bits per heavy atom. The van der Waals surface area contributed by atoms with E-state index >= 15 is 0 Å². The van der Waals surface area contributed by atoms with Gasteiger partial charge in [0.15, 0.2) is 11.5 Å². The third-order valence-electron chi connectivity index (χ3n) is 3.41. The molecule has 0 fully saturated rings. The van der Waals surface area contributed by atoms with Gasteiger partial charge in [-0.05, 0) is 24.3 Å². The molecule has 6 heteroatoms. The Hall–Kier alpha value is -2.76. The molecule has 0 aliphatic carbocycles. The first-order chi connectivity index (χ1) is 10.3. The SMILES string of the molecule is Fc1ccccc1-c1nc2c(C3=NCCN3)cccn2n1. The number of pyridine rings is 1. The van der Waals surface area contributed by atoms with Crippen molar-refractivity contribution in [3.05, 3.63) is 54.0 Å². The molecule has 0 atom stereocenters. The van der Waals surface area contributed by atoms with Crippen LogP contribution in [0.2, 0.25) is 0 Å². The molecule has 0 spiro atoms. The van der Waals surface area contributed by atoms with Gasteiger partial charge in [0, 0.05) is 12.7 Å². The first-order valence-electron chi connectivity index (χ1n) is 6.72. The molecular weight excluding hydrogens is 269 g/mol. The fourth-order valence-electron chi connectivity index (χ4n) is 2.43. The largest absolute Gasteiger partial charge is 0.368 e. The Bertz CT molecular complexity index is 852. The van der Waals surface area contributed by atoms with Gasteiger partial charge in [0.2, 0.25) is 0 Å². The van der Waals surface area contributed by atoms with Crippen LogP contribution in [0.3, 0.4) is 0 Å². The molecule has 1 aromatic carbocycles. The second-order valence-corrected chi connectivity index (χ2v) is 4.76. The number of hydrogen-bond acceptors (Lipinski definition) is 4. The van der Waals surface area contributed by atoms with Crippen LogP contribution in [0.5, 0.6) is 0 Å². The van der Waals surface area contributed by atoms with E-state index in [1.165, 1.54) is 6.07 Å². The molecule has 0 saturated heterocycles. The minimum absolute atomic E-state index is 0.328. The van der Waals surface area contributed by atoms with Crippen molar-refractivity contribution < 1.29 is 4.39 Å². The Labute approximate surface area is 120 Å². The molecule has 3 heterocycles. The van der Waals surface area contributed by atoms with Crippen molar-refractivity contribution in [2.24, 2.45) is 4.99 Å². The average molecular weight is 281 g/mol. The molecule has 1 aliphatic rings. The smallest absolute Gasteiger partial charge is 0.185 e. The van der Waals surface area contributed by atoms with Crippen molar-refractivity contribution in [3.63, 3.8) is 0 Å². The zero-order valence-electron chi connectivity index (χ0n) is 11.1. The molecule has 0 saturated carbocycles. The van der Waals surface area contributed by atoms with E-state index in [0.717, 1.165) is 24.5 Å². The van der Waals surface area contributed by atoms with Crippen molar-refractivity contribution in [2.75, 3.05) is 13.1 Å². The normalized spacial score (nSPS) is 14.2. The maximum absolute atomic E-state index is 13.9. The Morgan fingerprint density at radius 3 is 2.76 bits per heavy atom. The summed E-state index contributed by atoms with van der Waals surface area (Å²) in [5.74, 6) is 0.860. The maximum Gasteiger partial charge on any atom is 0.185 e. The molecule has 3 aromatic rings. The zero-order valence-corrected chi connectivity index (χ0v) is 11.1. The Kier molecular flexibility index (Phi) is 2.67. The third-order valence-corrected chi connectivity index (χ3v) is 3.41. The highest BCUT2D eigenvalue weighted by Crippen LogP contribution is 2.21. The summed E-state index contributed by atoms with van der Waals surface area (Å²) in [4.78, 5) is 8.89. The highest BCUT2D eigenvalue weighted by atomic mass is 19.1. The van der Waals surface area contributed by atoms with Crippen molar-refractivity contribution in [1.82, 2.24) is 19.9 Å². The van der Waals surface area contributed by atoms with Gasteiger partial charge in [-0.15, -0.1) is 5.10 Å². The first kappa shape index (κ1) is 12.0. The van der Waals surface area contributed by atoms with Crippen LogP contribution in [-0.4, -0.2) is 33.5 Å². The molecule has 104 valence electrons. The van der Waals surface area contributed by atoms with E-state index < -0.39 is 0 Å². The van der Waals surface area contributed by atoms with E-state index in [4.69, 9.17) is 0 Å². The summed E-state index contributed by atoms with van der Waals surface area (Å²) in [6, 6.07) is 10.3. The number of benzene rings is 1. The molecule has 2 aromatic heterocycles. The van der Waals surface area contributed by atoms with Crippen LogP contribution < -0.4 is 5.32 Å². The maximum atomic E-state index is 13.9. The van der Waals surface area contributed by atoms with Gasteiger partial charge in [0.05, 0.1) is 17.7 Å². The number of amidine groups is 1. The number of nitrogens with zero attached hydrogens (tertiary/aromatic N) is 4. The molecule has 0 amide bonds. The standard InChI is InChI=1S/C15H12FN5/c16-12-6-2-1-4-10(12)14-19-15-11(13-17-7-8-18-13)5-3-9-21(15)20-14/h1-6,9H,7-8H2,(H,17,18). The highest BCUT2D eigenvalue weighted by molar-refractivity contribution is 6.04. The van der Waals surface area contributed by atoms with Gasteiger partial charge in [0.1, 0.15) is 11.7 Å². The van der Waals surface area contributed by atoms with Gasteiger partial charge in [-0.2, -0.15) is 0 Å². The summed E-state index contributed by atoms with van der Waals surface area (Å²) >= 11 is 0. The highest BCUT2D eigenvalue weighted by Gasteiger charge is 2.16. The Balaban J connectivity index is 1.91. The molecule has 21 heavy (non-hydrogen) atoms. The molecule has 1 N–H and O–H groups in total. The summed E-state index contributed by atoms with van der Waals surface area (Å²) in [6.45, 7) is 1.58. The topological polar surface area (TPSA) is 54.6 Å². The van der Waals surface area contributed by atoms with Crippen molar-refractivity contribution in [2.45, 2.75) is 0 Å². The lowest BCUT2D eigenvalue weighted by molar-refractivity contribution is 0.630. The van der Waals surface area contributed by atoms with Gasteiger partial charge in [-0.25, -0.2) is 13.9 Å². The minimum Gasteiger partial charge on any atom is -0.368 e. The van der Waals surface area contributed by atoms with Crippen LogP contribution >= 0.6 is 0 Å². The molecular formula is C15H12FN5. The van der Waals surface area contributed by atoms with Crippen LogP contribution in [0.25, 0.3) is 17.0 Å². The van der Waals surface area contributed by atoms with Crippen LogP contribution in [0, 0.1) is 5.82 Å². The van der Waals surface area contributed by atoms with Crippen LogP contribution in [-0.2, 0) is 0 Å². The second-order valence-electron chi connectivity index (χ2n) is 4.76. The molecule has 0 radical (unpaired) electrons. The molecule has 0 unspecified atom stereocenters. The summed E-state index contributed by atoms with van der Waals surface area (Å²) in [6.07, 6.45) is 1.80. The minimum atomic E-state index is -0.328. The molecule has 5 nitrogen and oxygen atoms in total. The van der Waals surface area contributed by atoms with E-state index in [9.17, 15) is 4.39 Å². The van der Waals surface area contributed by atoms with Gasteiger partial charge in [-0.1, -0.05) is 12.1 Å². The number of halogens is 1. The average Bonchev–Trinajstić information content (AvgIpc) is 3.16. The van der Waals surface area contributed by atoms with E-state index in [-0.39, 0.29) is 5.82 Å². The number of rotatable bonds is 2. The predicted octanol–water partition coefficient (Wildman–Crippen LogP) is 1.89. The van der Waals surface area contributed by atoms with Crippen molar-refractivity contribution in [3.8, 4) is 11.4 Å². The van der Waals surface area contributed by atoms with Crippen LogP contribution in [0.1, 0.15) is 5.56 Å². The lowest BCUT2D eigenvalue weighted by Crippen LogP contribution is -2.20. The predicted molar refractivity (Wildman–Crippen MR) is 77.8 cm³/mol. The van der Waals surface area contributed by atoms with Gasteiger partial charge in [0.25, 0.3) is 0 Å². The molecule has 1 aliphatic heterocycles. The van der Waals surface area contributed by atoms with Gasteiger partial charge >= 0.3 is 0 Å².